The number of anilines is 1. The zero-order valence-electron chi connectivity index (χ0n) is 16.4. The predicted octanol–water partition coefficient (Wildman–Crippen LogP) is 5.53. The lowest BCUT2D eigenvalue weighted by Crippen LogP contribution is -2.03. The standard InChI is InChI=1S/C26H20N4/c27-26-29-23-16-15-22(21-13-11-20(12-14-21)19-9-5-2-6-10-19)28-25(23)24(30-26)17-18-7-3-1-4-8-18/h1-16H,17H2,(H2,27,29,30). The Morgan fingerprint density at radius 2 is 1.20 bits per heavy atom. The first-order valence-corrected chi connectivity index (χ1v) is 9.89. The summed E-state index contributed by atoms with van der Waals surface area (Å²) in [6.45, 7) is 0. The lowest BCUT2D eigenvalue weighted by atomic mass is 10.0. The van der Waals surface area contributed by atoms with Crippen LogP contribution in [0.15, 0.2) is 97.1 Å². The van der Waals surface area contributed by atoms with Gasteiger partial charge in [-0.3, -0.25) is 0 Å². The van der Waals surface area contributed by atoms with E-state index in [1.807, 2.05) is 48.5 Å². The fraction of sp³-hybridized carbons (Fsp3) is 0.0385. The summed E-state index contributed by atoms with van der Waals surface area (Å²) in [5.41, 5.74) is 13.8. The maximum Gasteiger partial charge on any atom is 0.220 e. The number of hydrogen-bond donors (Lipinski definition) is 1. The maximum absolute atomic E-state index is 5.95. The average molecular weight is 388 g/mol. The molecule has 0 fully saturated rings. The molecule has 0 amide bonds. The molecule has 0 aliphatic carbocycles. The van der Waals surface area contributed by atoms with E-state index in [-0.39, 0.29) is 5.95 Å². The number of fused-ring (bicyclic) bond motifs is 1. The number of pyridine rings is 1. The molecule has 2 heterocycles. The highest BCUT2D eigenvalue weighted by atomic mass is 15.0. The molecule has 2 N–H and O–H groups in total. The first kappa shape index (κ1) is 18.0. The first-order chi connectivity index (χ1) is 14.8. The number of rotatable bonds is 4. The van der Waals surface area contributed by atoms with Crippen LogP contribution < -0.4 is 5.73 Å². The van der Waals surface area contributed by atoms with Crippen LogP contribution in [0.1, 0.15) is 11.3 Å². The Morgan fingerprint density at radius 3 is 1.93 bits per heavy atom. The second kappa shape index (κ2) is 7.76. The molecule has 0 unspecified atom stereocenters. The molecule has 4 nitrogen and oxygen atoms in total. The first-order valence-electron chi connectivity index (χ1n) is 9.89. The Morgan fingerprint density at radius 1 is 0.567 bits per heavy atom. The van der Waals surface area contributed by atoms with Gasteiger partial charge < -0.3 is 5.73 Å². The number of nitrogens with two attached hydrogens (primary N) is 1. The molecule has 0 saturated carbocycles. The summed E-state index contributed by atoms with van der Waals surface area (Å²) in [4.78, 5) is 13.8. The number of hydrogen-bond acceptors (Lipinski definition) is 4. The minimum atomic E-state index is 0.273. The van der Waals surface area contributed by atoms with E-state index in [0.29, 0.717) is 6.42 Å². The van der Waals surface area contributed by atoms with Crippen LogP contribution in [0.5, 0.6) is 0 Å². The second-order valence-corrected chi connectivity index (χ2v) is 7.20. The van der Waals surface area contributed by atoms with E-state index in [4.69, 9.17) is 10.7 Å². The Bertz CT molecular complexity index is 1300. The largest absolute Gasteiger partial charge is 0.368 e. The maximum atomic E-state index is 5.95. The summed E-state index contributed by atoms with van der Waals surface area (Å²) in [5, 5.41) is 0. The molecular formula is C26H20N4. The molecule has 2 aromatic heterocycles. The third-order valence-electron chi connectivity index (χ3n) is 5.13. The van der Waals surface area contributed by atoms with Gasteiger partial charge in [0, 0.05) is 12.0 Å². The molecule has 4 heteroatoms. The van der Waals surface area contributed by atoms with Gasteiger partial charge in [-0.05, 0) is 28.8 Å². The normalized spacial score (nSPS) is 10.9. The monoisotopic (exact) mass is 388 g/mol. The fourth-order valence-electron chi connectivity index (χ4n) is 3.63. The summed E-state index contributed by atoms with van der Waals surface area (Å²) in [6.07, 6.45) is 0.660. The van der Waals surface area contributed by atoms with Crippen LogP contribution in [-0.2, 0) is 6.42 Å². The van der Waals surface area contributed by atoms with Crippen LogP contribution >= 0.6 is 0 Å². The van der Waals surface area contributed by atoms with Crippen molar-refractivity contribution in [2.75, 3.05) is 5.73 Å². The van der Waals surface area contributed by atoms with Crippen molar-refractivity contribution in [2.24, 2.45) is 0 Å². The van der Waals surface area contributed by atoms with Gasteiger partial charge in [-0.2, -0.15) is 0 Å². The highest BCUT2D eigenvalue weighted by Crippen LogP contribution is 2.26. The summed E-state index contributed by atoms with van der Waals surface area (Å²) in [5.74, 6) is 0.273. The van der Waals surface area contributed by atoms with E-state index in [1.165, 1.54) is 11.1 Å². The Labute approximate surface area is 175 Å². The molecule has 3 aromatic carbocycles. The van der Waals surface area contributed by atoms with Crippen LogP contribution in [0.4, 0.5) is 5.95 Å². The molecule has 0 radical (unpaired) electrons. The average Bonchev–Trinajstić information content (AvgIpc) is 2.80. The van der Waals surface area contributed by atoms with Gasteiger partial charge in [-0.1, -0.05) is 84.9 Å². The number of aromatic nitrogens is 3. The van der Waals surface area contributed by atoms with E-state index in [1.54, 1.807) is 0 Å². The zero-order valence-corrected chi connectivity index (χ0v) is 16.4. The lowest BCUT2D eigenvalue weighted by Gasteiger charge is -2.09. The molecule has 5 aromatic rings. The fourth-order valence-corrected chi connectivity index (χ4v) is 3.63. The summed E-state index contributed by atoms with van der Waals surface area (Å²) < 4.78 is 0. The van der Waals surface area contributed by atoms with Crippen LogP contribution in [0.25, 0.3) is 33.4 Å². The molecule has 5 rings (SSSR count). The summed E-state index contributed by atoms with van der Waals surface area (Å²) in [7, 11) is 0. The highest BCUT2D eigenvalue weighted by Gasteiger charge is 2.11. The van der Waals surface area contributed by atoms with Crippen molar-refractivity contribution in [3.8, 4) is 22.4 Å². The van der Waals surface area contributed by atoms with Crippen molar-refractivity contribution >= 4 is 17.0 Å². The van der Waals surface area contributed by atoms with E-state index in [0.717, 1.165) is 33.5 Å². The summed E-state index contributed by atoms with van der Waals surface area (Å²) in [6, 6.07) is 33.0. The number of nitrogens with zero attached hydrogens (tertiary/aromatic N) is 3. The van der Waals surface area contributed by atoms with Gasteiger partial charge in [-0.15, -0.1) is 0 Å². The van der Waals surface area contributed by atoms with Gasteiger partial charge in [0.25, 0.3) is 0 Å². The van der Waals surface area contributed by atoms with Crippen LogP contribution in [0, 0.1) is 0 Å². The third-order valence-corrected chi connectivity index (χ3v) is 5.13. The van der Waals surface area contributed by atoms with Gasteiger partial charge in [0.1, 0.15) is 5.52 Å². The van der Waals surface area contributed by atoms with Crippen LogP contribution in [-0.4, -0.2) is 15.0 Å². The van der Waals surface area contributed by atoms with E-state index in [2.05, 4.69) is 58.5 Å². The topological polar surface area (TPSA) is 64.7 Å². The third kappa shape index (κ3) is 3.63. The molecule has 0 bridgehead atoms. The molecule has 0 aliphatic rings. The molecule has 144 valence electrons. The number of benzene rings is 3. The lowest BCUT2D eigenvalue weighted by molar-refractivity contribution is 1.06. The van der Waals surface area contributed by atoms with Gasteiger partial charge in [-0.25, -0.2) is 15.0 Å². The van der Waals surface area contributed by atoms with Crippen molar-refractivity contribution in [1.82, 2.24) is 15.0 Å². The van der Waals surface area contributed by atoms with Crippen molar-refractivity contribution in [3.05, 3.63) is 108 Å². The highest BCUT2D eigenvalue weighted by molar-refractivity contribution is 5.81. The van der Waals surface area contributed by atoms with Crippen LogP contribution in [0.3, 0.4) is 0 Å². The smallest absolute Gasteiger partial charge is 0.220 e. The van der Waals surface area contributed by atoms with Crippen molar-refractivity contribution in [1.29, 1.82) is 0 Å². The molecule has 0 aliphatic heterocycles. The van der Waals surface area contributed by atoms with Gasteiger partial charge in [0.05, 0.1) is 16.9 Å². The predicted molar refractivity (Wildman–Crippen MR) is 122 cm³/mol. The quantitative estimate of drug-likeness (QED) is 0.439. The van der Waals surface area contributed by atoms with Crippen molar-refractivity contribution in [3.63, 3.8) is 0 Å². The van der Waals surface area contributed by atoms with Gasteiger partial charge in [0.15, 0.2) is 0 Å². The Balaban J connectivity index is 1.54. The molecule has 30 heavy (non-hydrogen) atoms. The van der Waals surface area contributed by atoms with Gasteiger partial charge in [0.2, 0.25) is 5.95 Å². The summed E-state index contributed by atoms with van der Waals surface area (Å²) >= 11 is 0. The van der Waals surface area contributed by atoms with Crippen molar-refractivity contribution in [2.45, 2.75) is 6.42 Å². The Hall–Kier alpha value is -4.05. The zero-order chi connectivity index (χ0) is 20.3. The molecule has 0 spiro atoms. The van der Waals surface area contributed by atoms with E-state index >= 15 is 0 Å². The van der Waals surface area contributed by atoms with E-state index < -0.39 is 0 Å². The van der Waals surface area contributed by atoms with Crippen molar-refractivity contribution < 1.29 is 0 Å². The molecule has 0 atom stereocenters. The van der Waals surface area contributed by atoms with Crippen LogP contribution in [0.2, 0.25) is 0 Å². The Kier molecular flexibility index (Phi) is 4.66. The minimum absolute atomic E-state index is 0.273. The number of nitrogen functional groups attached to an aromatic ring is 1. The molecular weight excluding hydrogens is 368 g/mol. The van der Waals surface area contributed by atoms with Gasteiger partial charge >= 0.3 is 0 Å². The second-order valence-electron chi connectivity index (χ2n) is 7.20. The van der Waals surface area contributed by atoms with E-state index in [9.17, 15) is 0 Å². The minimum Gasteiger partial charge on any atom is -0.368 e. The molecule has 0 saturated heterocycles. The SMILES string of the molecule is Nc1nc(Cc2ccccc2)c2nc(-c3ccc(-c4ccccc4)cc3)ccc2n1.